The topological polar surface area (TPSA) is 65.2 Å². The van der Waals surface area contributed by atoms with Crippen LogP contribution >= 0.6 is 11.3 Å². The van der Waals surface area contributed by atoms with Gasteiger partial charge in [-0.25, -0.2) is 0 Å². The van der Waals surface area contributed by atoms with Crippen LogP contribution in [0.15, 0.2) is 72.2 Å². The van der Waals surface area contributed by atoms with E-state index >= 15 is 0 Å². The predicted octanol–water partition coefficient (Wildman–Crippen LogP) is 5.38. The Morgan fingerprint density at radius 1 is 1.12 bits per heavy atom. The van der Waals surface area contributed by atoms with E-state index in [4.69, 9.17) is 0 Å². The van der Waals surface area contributed by atoms with Crippen LogP contribution in [0.4, 0.5) is 5.69 Å². The number of aromatic nitrogens is 1. The van der Waals surface area contributed by atoms with Crippen molar-refractivity contribution in [3.05, 3.63) is 88.2 Å². The number of thiophene rings is 1. The molecule has 0 bridgehead atoms. The Morgan fingerprint density at radius 2 is 1.94 bits per heavy atom. The van der Waals surface area contributed by atoms with Crippen molar-refractivity contribution in [1.82, 2.24) is 10.3 Å². The first kappa shape index (κ1) is 21.5. The van der Waals surface area contributed by atoms with Gasteiger partial charge in [0.05, 0.1) is 12.0 Å². The number of hydrogen-bond acceptors (Lipinski definition) is 3. The Bertz CT molecular complexity index is 1260. The summed E-state index contributed by atoms with van der Waals surface area (Å²) in [6.07, 6.45) is 3.70. The summed E-state index contributed by atoms with van der Waals surface area (Å²) in [5, 5.41) is 6.36. The largest absolute Gasteiger partial charge is 0.361 e. The molecule has 0 radical (unpaired) electrons. The number of rotatable bonds is 6. The van der Waals surface area contributed by atoms with Crippen LogP contribution in [0.5, 0.6) is 0 Å². The maximum absolute atomic E-state index is 13.4. The third-order valence-corrected chi connectivity index (χ3v) is 7.39. The van der Waals surface area contributed by atoms with Gasteiger partial charge in [0.1, 0.15) is 0 Å². The molecule has 0 saturated carbocycles. The van der Waals surface area contributed by atoms with Crippen molar-refractivity contribution in [1.29, 1.82) is 0 Å². The van der Waals surface area contributed by atoms with E-state index in [-0.39, 0.29) is 23.8 Å². The first-order valence-corrected chi connectivity index (χ1v) is 12.2. The van der Waals surface area contributed by atoms with Gasteiger partial charge in [-0.05, 0) is 55.0 Å². The highest BCUT2D eigenvalue weighted by Crippen LogP contribution is 2.41. The third-order valence-electron chi connectivity index (χ3n) is 6.45. The Morgan fingerprint density at radius 3 is 2.73 bits per heavy atom. The summed E-state index contributed by atoms with van der Waals surface area (Å²) >= 11 is 1.60. The summed E-state index contributed by atoms with van der Waals surface area (Å²) in [5.74, 6) is -0.205. The number of aromatic amines is 1. The van der Waals surface area contributed by atoms with Gasteiger partial charge in [-0.3, -0.25) is 9.59 Å². The van der Waals surface area contributed by atoms with Gasteiger partial charge in [0.15, 0.2) is 0 Å². The maximum atomic E-state index is 13.4. The van der Waals surface area contributed by atoms with Gasteiger partial charge in [0.2, 0.25) is 11.8 Å². The summed E-state index contributed by atoms with van der Waals surface area (Å²) in [5.41, 5.74) is 4.29. The molecular formula is C27H27N3O2S. The Labute approximate surface area is 197 Å². The number of nitrogens with one attached hydrogen (secondary N) is 2. The number of para-hydroxylation sites is 1. The average Bonchev–Trinajstić information content (AvgIpc) is 3.50. The molecule has 168 valence electrons. The molecule has 33 heavy (non-hydrogen) atoms. The van der Waals surface area contributed by atoms with Crippen LogP contribution in [0.1, 0.15) is 34.9 Å². The summed E-state index contributed by atoms with van der Waals surface area (Å²) < 4.78 is 0. The lowest BCUT2D eigenvalue weighted by molar-refractivity contribution is -0.129. The molecule has 5 nitrogen and oxygen atoms in total. The molecule has 1 saturated heterocycles. The second kappa shape index (κ2) is 9.24. The quantitative estimate of drug-likeness (QED) is 0.408. The van der Waals surface area contributed by atoms with Crippen molar-refractivity contribution >= 4 is 39.7 Å². The highest BCUT2D eigenvalue weighted by Gasteiger charge is 2.41. The molecular weight excluding hydrogens is 430 g/mol. The van der Waals surface area contributed by atoms with Crippen LogP contribution in [-0.4, -0.2) is 23.3 Å². The van der Waals surface area contributed by atoms with E-state index in [1.807, 2.05) is 71.9 Å². The number of piperidine rings is 1. The number of H-pyrrole nitrogens is 1. The van der Waals surface area contributed by atoms with Gasteiger partial charge in [0.25, 0.3) is 0 Å². The summed E-state index contributed by atoms with van der Waals surface area (Å²) in [7, 11) is 0. The number of amides is 2. The molecule has 2 aromatic heterocycles. The number of hydrogen-bond donors (Lipinski definition) is 2. The lowest BCUT2D eigenvalue weighted by Gasteiger charge is -2.40. The second-order valence-corrected chi connectivity index (χ2v) is 9.58. The Kier molecular flexibility index (Phi) is 6.01. The van der Waals surface area contributed by atoms with Crippen molar-refractivity contribution in [2.45, 2.75) is 32.2 Å². The zero-order chi connectivity index (χ0) is 22.8. The van der Waals surface area contributed by atoms with E-state index in [1.54, 1.807) is 11.3 Å². The van der Waals surface area contributed by atoms with Crippen LogP contribution in [0.25, 0.3) is 10.9 Å². The Hall–Kier alpha value is -3.38. The molecule has 2 aromatic carbocycles. The number of carbonyl (C=O) groups is 2. The molecule has 2 unspecified atom stereocenters. The van der Waals surface area contributed by atoms with Gasteiger partial charge in [-0.2, -0.15) is 0 Å². The number of anilines is 1. The van der Waals surface area contributed by atoms with Gasteiger partial charge < -0.3 is 15.2 Å². The molecule has 3 heterocycles. The van der Waals surface area contributed by atoms with Gasteiger partial charge in [-0.1, -0.05) is 42.0 Å². The summed E-state index contributed by atoms with van der Waals surface area (Å²) in [6.45, 7) is 2.59. The maximum Gasteiger partial charge on any atom is 0.227 e. The van der Waals surface area contributed by atoms with Crippen molar-refractivity contribution in [2.24, 2.45) is 5.92 Å². The molecule has 4 aromatic rings. The molecule has 1 aliphatic rings. The van der Waals surface area contributed by atoms with Crippen LogP contribution in [-0.2, 0) is 16.0 Å². The molecule has 1 fully saturated rings. The van der Waals surface area contributed by atoms with Gasteiger partial charge in [-0.15, -0.1) is 11.3 Å². The normalized spacial score (nSPS) is 18.6. The van der Waals surface area contributed by atoms with Crippen LogP contribution < -0.4 is 10.2 Å². The minimum absolute atomic E-state index is 0.0119. The Balaban J connectivity index is 1.35. The SMILES string of the molecule is Cc1ccc(N2C(=O)CCC(C(=O)NCCc3c[nH]c4ccccc34)C2c2cccs2)cc1. The fraction of sp³-hybridized carbons (Fsp3) is 0.259. The lowest BCUT2D eigenvalue weighted by Crippen LogP contribution is -2.48. The minimum Gasteiger partial charge on any atom is -0.361 e. The molecule has 2 N–H and O–H groups in total. The molecule has 1 aliphatic heterocycles. The second-order valence-electron chi connectivity index (χ2n) is 8.61. The number of benzene rings is 2. The summed E-state index contributed by atoms with van der Waals surface area (Å²) in [4.78, 5) is 32.6. The molecule has 2 atom stereocenters. The average molecular weight is 458 g/mol. The first-order valence-electron chi connectivity index (χ1n) is 11.4. The molecule has 6 heteroatoms. The first-order chi connectivity index (χ1) is 16.1. The zero-order valence-electron chi connectivity index (χ0n) is 18.6. The monoisotopic (exact) mass is 457 g/mol. The fourth-order valence-electron chi connectivity index (χ4n) is 4.75. The number of fused-ring (bicyclic) bond motifs is 1. The summed E-state index contributed by atoms with van der Waals surface area (Å²) in [6, 6.07) is 19.9. The zero-order valence-corrected chi connectivity index (χ0v) is 19.4. The van der Waals surface area contributed by atoms with Crippen LogP contribution in [0, 0.1) is 12.8 Å². The molecule has 0 aliphatic carbocycles. The number of carbonyl (C=O) groups excluding carboxylic acids is 2. The highest BCUT2D eigenvalue weighted by atomic mass is 32.1. The van der Waals surface area contributed by atoms with Crippen molar-refractivity contribution in [3.8, 4) is 0 Å². The van der Waals surface area contributed by atoms with Crippen molar-refractivity contribution in [2.75, 3.05) is 11.4 Å². The van der Waals surface area contributed by atoms with Gasteiger partial charge >= 0.3 is 0 Å². The van der Waals surface area contributed by atoms with E-state index in [2.05, 4.69) is 22.4 Å². The van der Waals surface area contributed by atoms with E-state index in [9.17, 15) is 9.59 Å². The fourth-order valence-corrected chi connectivity index (χ4v) is 5.63. The van der Waals surface area contributed by atoms with E-state index in [0.29, 0.717) is 19.4 Å². The predicted molar refractivity (Wildman–Crippen MR) is 133 cm³/mol. The van der Waals surface area contributed by atoms with E-state index < -0.39 is 0 Å². The highest BCUT2D eigenvalue weighted by molar-refractivity contribution is 7.10. The van der Waals surface area contributed by atoms with Crippen LogP contribution in [0.2, 0.25) is 0 Å². The minimum atomic E-state index is -0.290. The van der Waals surface area contributed by atoms with Gasteiger partial charge in [0, 0.05) is 40.6 Å². The van der Waals surface area contributed by atoms with Crippen molar-refractivity contribution < 1.29 is 9.59 Å². The number of aryl methyl sites for hydroxylation is 1. The molecule has 5 rings (SSSR count). The third kappa shape index (κ3) is 4.31. The van der Waals surface area contributed by atoms with E-state index in [1.165, 1.54) is 10.9 Å². The molecule has 2 amide bonds. The van der Waals surface area contributed by atoms with Crippen molar-refractivity contribution in [3.63, 3.8) is 0 Å². The standard InChI is InChI=1S/C27H27N3O2S/c1-18-8-10-20(11-9-18)30-25(31)13-12-22(26(30)24-7-4-16-33-24)27(32)28-15-14-19-17-29-23-6-3-2-5-21(19)23/h2-11,16-17,22,26,29H,12-15H2,1H3,(H,28,32). The molecule has 0 spiro atoms. The van der Waals surface area contributed by atoms with Crippen LogP contribution in [0.3, 0.4) is 0 Å². The smallest absolute Gasteiger partial charge is 0.227 e. The van der Waals surface area contributed by atoms with E-state index in [0.717, 1.165) is 28.1 Å². The number of nitrogens with zero attached hydrogens (tertiary/aromatic N) is 1. The lowest BCUT2D eigenvalue weighted by atomic mass is 9.86.